The van der Waals surface area contributed by atoms with E-state index in [0.717, 1.165) is 25.9 Å². The standard InChI is InChI=1S/C27H35FN4O6S/c28-19-38-25-4-2-20(17-24(25)32-11-14-37-15-12-32)29-26(34)22-3-1-21(30-39(35,36)16-13-33)18-23(22)31-9-7-27(5-6-27)8-10-31/h1-4,17-18,30,33H,5-16,19H2,(H,29,34). The number of carbonyl (C=O) groups is 1. The van der Waals surface area contributed by atoms with Crippen LogP contribution in [0.25, 0.3) is 0 Å². The van der Waals surface area contributed by atoms with E-state index in [9.17, 15) is 17.6 Å². The Morgan fingerprint density at radius 3 is 2.31 bits per heavy atom. The van der Waals surface area contributed by atoms with Gasteiger partial charge in [0.15, 0.2) is 0 Å². The lowest BCUT2D eigenvalue weighted by Gasteiger charge is -2.35. The summed E-state index contributed by atoms with van der Waals surface area (Å²) >= 11 is 0. The maximum absolute atomic E-state index is 13.6. The number of benzene rings is 2. The first kappa shape index (κ1) is 27.5. The molecule has 2 saturated heterocycles. The highest BCUT2D eigenvalue weighted by Crippen LogP contribution is 2.54. The van der Waals surface area contributed by atoms with Crippen LogP contribution in [0.1, 0.15) is 36.0 Å². The van der Waals surface area contributed by atoms with Gasteiger partial charge in [0.1, 0.15) is 5.75 Å². The van der Waals surface area contributed by atoms with Crippen LogP contribution in [-0.2, 0) is 14.8 Å². The van der Waals surface area contributed by atoms with Crippen LogP contribution in [-0.4, -0.2) is 78.0 Å². The smallest absolute Gasteiger partial charge is 0.257 e. The summed E-state index contributed by atoms with van der Waals surface area (Å²) in [6.07, 6.45) is 4.55. The summed E-state index contributed by atoms with van der Waals surface area (Å²) in [6, 6.07) is 9.93. The third kappa shape index (κ3) is 6.56. The van der Waals surface area contributed by atoms with Crippen LogP contribution in [0.4, 0.5) is 27.1 Å². The van der Waals surface area contributed by atoms with Crippen LogP contribution in [0.5, 0.6) is 5.75 Å². The molecule has 10 nitrogen and oxygen atoms in total. The van der Waals surface area contributed by atoms with Gasteiger partial charge in [-0.25, -0.2) is 12.8 Å². The lowest BCUT2D eigenvalue weighted by atomic mass is 9.93. The Labute approximate surface area is 228 Å². The van der Waals surface area contributed by atoms with Gasteiger partial charge in [0, 0.05) is 31.9 Å². The molecule has 0 bridgehead atoms. The molecule has 2 aliphatic heterocycles. The lowest BCUT2D eigenvalue weighted by molar-refractivity contribution is 0.102. The van der Waals surface area contributed by atoms with Crippen molar-refractivity contribution in [2.24, 2.45) is 5.41 Å². The molecule has 5 rings (SSSR count). The molecule has 3 aliphatic rings. The Morgan fingerprint density at radius 2 is 1.64 bits per heavy atom. The molecule has 0 aromatic heterocycles. The van der Waals surface area contributed by atoms with Crippen molar-refractivity contribution in [2.75, 3.05) is 78.5 Å². The quantitative estimate of drug-likeness (QED) is 0.404. The SMILES string of the molecule is O=C(Nc1ccc(OCF)c(N2CCOCC2)c1)c1ccc(NS(=O)(=O)CCO)cc1N1CCC2(CC1)CC2. The number of aliphatic hydroxyl groups is 1. The normalized spacial score (nSPS) is 18.6. The summed E-state index contributed by atoms with van der Waals surface area (Å²) < 4.78 is 50.7. The number of hydrogen-bond acceptors (Lipinski definition) is 8. The number of nitrogens with one attached hydrogen (secondary N) is 2. The van der Waals surface area contributed by atoms with Gasteiger partial charge in [-0.15, -0.1) is 0 Å². The Kier molecular flexibility index (Phi) is 8.15. The fourth-order valence-corrected chi connectivity index (χ4v) is 6.15. The molecule has 0 atom stereocenters. The van der Waals surface area contributed by atoms with Gasteiger partial charge >= 0.3 is 0 Å². The van der Waals surface area contributed by atoms with Crippen molar-refractivity contribution in [3.63, 3.8) is 0 Å². The van der Waals surface area contributed by atoms with Crippen LogP contribution in [0, 0.1) is 5.41 Å². The van der Waals surface area contributed by atoms with Gasteiger partial charge in [0.25, 0.3) is 5.91 Å². The summed E-state index contributed by atoms with van der Waals surface area (Å²) in [5.74, 6) is -0.363. The van der Waals surface area contributed by atoms with E-state index >= 15 is 0 Å². The predicted octanol–water partition coefficient (Wildman–Crippen LogP) is 3.20. The third-order valence-electron chi connectivity index (χ3n) is 7.78. The average molecular weight is 563 g/mol. The van der Waals surface area contributed by atoms with Gasteiger partial charge in [0.05, 0.1) is 48.2 Å². The maximum atomic E-state index is 13.6. The number of rotatable bonds is 10. The van der Waals surface area contributed by atoms with Crippen molar-refractivity contribution >= 4 is 38.7 Å². The molecule has 3 fully saturated rings. The molecule has 39 heavy (non-hydrogen) atoms. The van der Waals surface area contributed by atoms with Crippen LogP contribution < -0.4 is 24.6 Å². The van der Waals surface area contributed by atoms with Crippen molar-refractivity contribution in [3.8, 4) is 5.75 Å². The number of anilines is 4. The minimum atomic E-state index is -3.72. The molecule has 2 heterocycles. The molecular weight excluding hydrogens is 527 g/mol. The van der Waals surface area contributed by atoms with E-state index in [2.05, 4.69) is 14.9 Å². The van der Waals surface area contributed by atoms with E-state index in [0.29, 0.717) is 65.8 Å². The molecule has 212 valence electrons. The second kappa shape index (κ2) is 11.6. The zero-order valence-electron chi connectivity index (χ0n) is 21.8. The van der Waals surface area contributed by atoms with Gasteiger partial charge in [-0.3, -0.25) is 9.52 Å². The molecule has 3 N–H and O–H groups in total. The highest BCUT2D eigenvalue weighted by atomic mass is 32.2. The van der Waals surface area contributed by atoms with E-state index in [1.165, 1.54) is 12.8 Å². The number of aliphatic hydroxyl groups excluding tert-OH is 1. The monoisotopic (exact) mass is 562 g/mol. The number of amides is 1. The largest absolute Gasteiger partial charge is 0.461 e. The fraction of sp³-hybridized carbons (Fsp3) is 0.519. The highest BCUT2D eigenvalue weighted by molar-refractivity contribution is 7.92. The second-order valence-electron chi connectivity index (χ2n) is 10.4. The zero-order valence-corrected chi connectivity index (χ0v) is 22.6. The molecule has 1 spiro atoms. The summed E-state index contributed by atoms with van der Waals surface area (Å²) in [7, 11) is -3.72. The Morgan fingerprint density at radius 1 is 0.974 bits per heavy atom. The van der Waals surface area contributed by atoms with Crippen molar-refractivity contribution in [3.05, 3.63) is 42.0 Å². The molecule has 12 heteroatoms. The number of nitrogens with zero attached hydrogens (tertiary/aromatic N) is 2. The summed E-state index contributed by atoms with van der Waals surface area (Å²) in [5.41, 5.74) is 3.04. The van der Waals surface area contributed by atoms with Crippen LogP contribution >= 0.6 is 0 Å². The van der Waals surface area contributed by atoms with Gasteiger partial charge in [-0.2, -0.15) is 0 Å². The fourth-order valence-electron chi connectivity index (χ4n) is 5.32. The average Bonchev–Trinajstić information content (AvgIpc) is 3.68. The molecule has 1 amide bonds. The van der Waals surface area contributed by atoms with E-state index in [-0.39, 0.29) is 5.91 Å². The number of piperidine rings is 1. The minimum Gasteiger partial charge on any atom is -0.461 e. The molecule has 2 aromatic carbocycles. The highest BCUT2D eigenvalue weighted by Gasteiger charge is 2.44. The topological polar surface area (TPSA) is 120 Å². The van der Waals surface area contributed by atoms with E-state index < -0.39 is 29.2 Å². The number of morpholine rings is 1. The molecule has 2 aromatic rings. The molecule has 1 aliphatic carbocycles. The van der Waals surface area contributed by atoms with E-state index in [1.54, 1.807) is 36.4 Å². The van der Waals surface area contributed by atoms with Crippen LogP contribution in [0.2, 0.25) is 0 Å². The number of ether oxygens (including phenoxy) is 2. The Balaban J connectivity index is 1.41. The molecular formula is C27H35FN4O6S. The molecule has 0 unspecified atom stereocenters. The number of halogens is 1. The number of hydrogen-bond donors (Lipinski definition) is 3. The Bertz CT molecular complexity index is 1290. The van der Waals surface area contributed by atoms with Crippen LogP contribution in [0.3, 0.4) is 0 Å². The van der Waals surface area contributed by atoms with Crippen molar-refractivity contribution < 1.29 is 32.2 Å². The number of sulfonamides is 1. The van der Waals surface area contributed by atoms with Gasteiger partial charge in [-0.1, -0.05) is 0 Å². The number of alkyl halides is 1. The van der Waals surface area contributed by atoms with Gasteiger partial charge in [-0.05, 0) is 67.5 Å². The summed E-state index contributed by atoms with van der Waals surface area (Å²) in [5, 5.41) is 12.0. The third-order valence-corrected chi connectivity index (χ3v) is 9.04. The predicted molar refractivity (Wildman–Crippen MR) is 148 cm³/mol. The number of carbonyl (C=O) groups excluding carboxylic acids is 1. The van der Waals surface area contributed by atoms with E-state index in [1.807, 2.05) is 4.90 Å². The van der Waals surface area contributed by atoms with Crippen LogP contribution in [0.15, 0.2) is 36.4 Å². The molecule has 0 radical (unpaired) electrons. The van der Waals surface area contributed by atoms with Crippen molar-refractivity contribution in [1.29, 1.82) is 0 Å². The first-order chi connectivity index (χ1) is 18.8. The first-order valence-electron chi connectivity index (χ1n) is 13.3. The first-order valence-corrected chi connectivity index (χ1v) is 14.9. The summed E-state index contributed by atoms with van der Waals surface area (Å²) in [4.78, 5) is 17.8. The molecule has 1 saturated carbocycles. The maximum Gasteiger partial charge on any atom is 0.257 e. The summed E-state index contributed by atoms with van der Waals surface area (Å²) in [6.45, 7) is 2.44. The van der Waals surface area contributed by atoms with E-state index in [4.69, 9.17) is 14.6 Å². The second-order valence-corrected chi connectivity index (χ2v) is 12.2. The zero-order chi connectivity index (χ0) is 27.5. The Hall–Kier alpha value is -3.09. The van der Waals surface area contributed by atoms with Crippen molar-refractivity contribution in [2.45, 2.75) is 25.7 Å². The van der Waals surface area contributed by atoms with Gasteiger partial charge in [0.2, 0.25) is 16.9 Å². The van der Waals surface area contributed by atoms with Gasteiger partial charge < -0.3 is 29.7 Å². The van der Waals surface area contributed by atoms with Crippen molar-refractivity contribution in [1.82, 2.24) is 0 Å². The minimum absolute atomic E-state index is 0.337. The lowest BCUT2D eigenvalue weighted by Crippen LogP contribution is -2.36.